The molecule has 0 amide bonds. The molecule has 2 aromatic carbocycles. The van der Waals surface area contributed by atoms with Crippen molar-refractivity contribution >= 4 is 10.8 Å². The van der Waals surface area contributed by atoms with E-state index in [0.29, 0.717) is 0 Å². The highest BCUT2D eigenvalue weighted by molar-refractivity contribution is 7.85. The van der Waals surface area contributed by atoms with Gasteiger partial charge in [-0.2, -0.15) is 0 Å². The summed E-state index contributed by atoms with van der Waals surface area (Å²) in [5, 5.41) is -0.0747. The molecule has 0 radical (unpaired) electrons. The first-order valence-corrected chi connectivity index (χ1v) is 7.55. The van der Waals surface area contributed by atoms with E-state index < -0.39 is 10.8 Å². The van der Waals surface area contributed by atoms with Crippen molar-refractivity contribution in [2.24, 2.45) is 0 Å². The van der Waals surface area contributed by atoms with Crippen molar-refractivity contribution < 1.29 is 13.7 Å². The highest BCUT2D eigenvalue weighted by atomic mass is 32.2. The first kappa shape index (κ1) is 14.6. The molecule has 0 saturated heterocycles. The Kier molecular flexibility index (Phi) is 4.79. The van der Waals surface area contributed by atoms with Crippen LogP contribution in [-0.4, -0.2) is 18.4 Å². The van der Waals surface area contributed by atoms with E-state index in [9.17, 15) is 4.21 Å². The van der Waals surface area contributed by atoms with Crippen molar-refractivity contribution in [2.75, 3.05) is 14.2 Å². The summed E-state index contributed by atoms with van der Waals surface area (Å²) in [6, 6.07) is 15.0. The largest absolute Gasteiger partial charge is 0.497 e. The lowest BCUT2D eigenvalue weighted by Gasteiger charge is -2.13. The van der Waals surface area contributed by atoms with Crippen molar-refractivity contribution in [3.8, 4) is 11.5 Å². The van der Waals surface area contributed by atoms with Crippen LogP contribution in [0.2, 0.25) is 0 Å². The van der Waals surface area contributed by atoms with Gasteiger partial charge in [0.1, 0.15) is 11.5 Å². The molecule has 0 aliphatic rings. The summed E-state index contributed by atoms with van der Waals surface area (Å²) >= 11 is 0. The summed E-state index contributed by atoms with van der Waals surface area (Å²) in [7, 11) is 2.16. The third kappa shape index (κ3) is 3.20. The molecule has 0 spiro atoms. The van der Waals surface area contributed by atoms with E-state index in [0.717, 1.165) is 22.0 Å². The molecular formula is C16H18O3S. The van der Waals surface area contributed by atoms with E-state index in [1.165, 1.54) is 0 Å². The number of ether oxygens (including phenoxy) is 2. The van der Waals surface area contributed by atoms with Gasteiger partial charge in [0.05, 0.1) is 30.3 Å². The molecule has 2 rings (SSSR count). The predicted octanol–water partition coefficient (Wildman–Crippen LogP) is 3.57. The van der Waals surface area contributed by atoms with Gasteiger partial charge in [0, 0.05) is 4.90 Å². The molecule has 0 unspecified atom stereocenters. The molecule has 0 fully saturated rings. The number of methoxy groups -OCH3 is 2. The molecule has 20 heavy (non-hydrogen) atoms. The molecule has 0 heterocycles. The molecule has 0 N–H and O–H groups in total. The Morgan fingerprint density at radius 3 is 1.75 bits per heavy atom. The second-order valence-electron chi connectivity index (χ2n) is 4.39. The zero-order valence-electron chi connectivity index (χ0n) is 11.8. The van der Waals surface area contributed by atoms with Gasteiger partial charge in [0.25, 0.3) is 0 Å². The SMILES string of the molecule is COc1ccc([C@@H](C)[S@@](=O)c2ccc(OC)cc2)cc1. The second kappa shape index (κ2) is 6.57. The average Bonchev–Trinajstić information content (AvgIpc) is 2.53. The van der Waals surface area contributed by atoms with Gasteiger partial charge in [-0.05, 0) is 48.9 Å². The summed E-state index contributed by atoms with van der Waals surface area (Å²) in [4.78, 5) is 0.800. The normalized spacial score (nSPS) is 13.6. The van der Waals surface area contributed by atoms with Gasteiger partial charge in [-0.1, -0.05) is 12.1 Å². The number of benzene rings is 2. The maximum atomic E-state index is 12.5. The minimum Gasteiger partial charge on any atom is -0.497 e. The van der Waals surface area contributed by atoms with E-state index in [2.05, 4.69) is 0 Å². The molecule has 0 aliphatic heterocycles. The van der Waals surface area contributed by atoms with Crippen LogP contribution in [0.3, 0.4) is 0 Å². The number of rotatable bonds is 5. The first-order chi connectivity index (χ1) is 9.65. The van der Waals surface area contributed by atoms with Crippen LogP contribution in [0.1, 0.15) is 17.7 Å². The minimum atomic E-state index is -1.09. The zero-order valence-corrected chi connectivity index (χ0v) is 12.6. The maximum Gasteiger partial charge on any atom is 0.118 e. The van der Waals surface area contributed by atoms with Crippen LogP contribution in [0.15, 0.2) is 53.4 Å². The quantitative estimate of drug-likeness (QED) is 0.844. The summed E-state index contributed by atoms with van der Waals surface area (Å²) in [6.45, 7) is 1.96. The van der Waals surface area contributed by atoms with Crippen molar-refractivity contribution in [1.29, 1.82) is 0 Å². The highest BCUT2D eigenvalue weighted by Gasteiger charge is 2.15. The van der Waals surface area contributed by atoms with Gasteiger partial charge in [0.2, 0.25) is 0 Å². The molecule has 3 nitrogen and oxygen atoms in total. The lowest BCUT2D eigenvalue weighted by Crippen LogP contribution is -2.03. The average molecular weight is 290 g/mol. The summed E-state index contributed by atoms with van der Waals surface area (Å²) in [5.41, 5.74) is 1.03. The van der Waals surface area contributed by atoms with Gasteiger partial charge in [-0.25, -0.2) is 0 Å². The standard InChI is InChI=1S/C16H18O3S/c1-12(13-4-6-14(18-2)7-5-13)20(17)16-10-8-15(19-3)9-11-16/h4-12H,1-3H3/t12-,20-/m1/s1. The molecule has 0 bridgehead atoms. The van der Waals surface area contributed by atoms with Crippen LogP contribution in [0.4, 0.5) is 0 Å². The van der Waals surface area contributed by atoms with Crippen LogP contribution < -0.4 is 9.47 Å². The van der Waals surface area contributed by atoms with E-state index in [4.69, 9.17) is 9.47 Å². The topological polar surface area (TPSA) is 35.5 Å². The monoisotopic (exact) mass is 290 g/mol. The van der Waals surface area contributed by atoms with Crippen molar-refractivity contribution in [2.45, 2.75) is 17.1 Å². The van der Waals surface area contributed by atoms with E-state index in [-0.39, 0.29) is 5.25 Å². The van der Waals surface area contributed by atoms with Crippen LogP contribution in [0.5, 0.6) is 11.5 Å². The van der Waals surface area contributed by atoms with Crippen LogP contribution in [-0.2, 0) is 10.8 Å². The highest BCUT2D eigenvalue weighted by Crippen LogP contribution is 2.27. The molecule has 106 valence electrons. The Morgan fingerprint density at radius 2 is 1.30 bits per heavy atom. The van der Waals surface area contributed by atoms with E-state index in [1.807, 2.05) is 55.5 Å². The first-order valence-electron chi connectivity index (χ1n) is 6.34. The fourth-order valence-electron chi connectivity index (χ4n) is 1.91. The summed E-state index contributed by atoms with van der Waals surface area (Å²) < 4.78 is 22.8. The maximum absolute atomic E-state index is 12.5. The van der Waals surface area contributed by atoms with Crippen LogP contribution >= 0.6 is 0 Å². The second-order valence-corrected chi connectivity index (χ2v) is 6.16. The minimum absolute atomic E-state index is 0.0747. The van der Waals surface area contributed by atoms with Gasteiger partial charge in [-0.3, -0.25) is 4.21 Å². The molecule has 4 heteroatoms. The third-order valence-corrected chi connectivity index (χ3v) is 4.85. The van der Waals surface area contributed by atoms with Crippen molar-refractivity contribution in [3.05, 3.63) is 54.1 Å². The predicted molar refractivity (Wildman–Crippen MR) is 80.8 cm³/mol. The molecule has 2 atom stereocenters. The summed E-state index contributed by atoms with van der Waals surface area (Å²) in [5.74, 6) is 1.57. The Balaban J connectivity index is 2.17. The molecular weight excluding hydrogens is 272 g/mol. The Labute approximate surface area is 122 Å². The van der Waals surface area contributed by atoms with Gasteiger partial charge < -0.3 is 9.47 Å². The van der Waals surface area contributed by atoms with Gasteiger partial charge >= 0.3 is 0 Å². The fourth-order valence-corrected chi connectivity index (χ4v) is 3.13. The fraction of sp³-hybridized carbons (Fsp3) is 0.250. The third-order valence-electron chi connectivity index (χ3n) is 3.20. The molecule has 2 aromatic rings. The van der Waals surface area contributed by atoms with Gasteiger partial charge in [-0.15, -0.1) is 0 Å². The van der Waals surface area contributed by atoms with Crippen molar-refractivity contribution in [3.63, 3.8) is 0 Å². The van der Waals surface area contributed by atoms with Crippen LogP contribution in [0.25, 0.3) is 0 Å². The molecule has 0 aromatic heterocycles. The van der Waals surface area contributed by atoms with E-state index >= 15 is 0 Å². The van der Waals surface area contributed by atoms with Crippen molar-refractivity contribution in [1.82, 2.24) is 0 Å². The lowest BCUT2D eigenvalue weighted by molar-refractivity contribution is 0.414. The number of hydrogen-bond acceptors (Lipinski definition) is 3. The zero-order chi connectivity index (χ0) is 14.5. The Morgan fingerprint density at radius 1 is 0.850 bits per heavy atom. The van der Waals surface area contributed by atoms with E-state index in [1.54, 1.807) is 14.2 Å². The Hall–Kier alpha value is -1.81. The van der Waals surface area contributed by atoms with Gasteiger partial charge in [0.15, 0.2) is 0 Å². The van der Waals surface area contributed by atoms with Crippen LogP contribution in [0, 0.1) is 0 Å². The number of hydrogen-bond donors (Lipinski definition) is 0. The summed E-state index contributed by atoms with van der Waals surface area (Å²) in [6.07, 6.45) is 0. The Bertz CT molecular complexity index is 576. The molecule has 0 aliphatic carbocycles. The molecule has 0 saturated carbocycles. The lowest BCUT2D eigenvalue weighted by atomic mass is 10.2. The smallest absolute Gasteiger partial charge is 0.118 e.